The third-order valence-corrected chi connectivity index (χ3v) is 4.10. The first kappa shape index (κ1) is 14.1. The van der Waals surface area contributed by atoms with Crippen LogP contribution < -0.4 is 10.2 Å². The Balaban J connectivity index is 2.04. The van der Waals surface area contributed by atoms with Gasteiger partial charge in [-0.15, -0.1) is 0 Å². The Morgan fingerprint density at radius 3 is 2.86 bits per heavy atom. The molecule has 3 rings (SSSR count). The van der Waals surface area contributed by atoms with Gasteiger partial charge in [-0.25, -0.2) is 4.98 Å². The molecule has 2 saturated heterocycles. The van der Waals surface area contributed by atoms with Crippen LogP contribution in [0.3, 0.4) is 0 Å². The molecule has 2 atom stereocenters. The molecule has 1 N–H and O–H groups in total. The van der Waals surface area contributed by atoms with Crippen LogP contribution in [-0.2, 0) is 6.18 Å². The average molecular weight is 302 g/mol. The minimum absolute atomic E-state index is 0.00665. The SMILES string of the molecule is O=[N+]([O-])c1cnc(C(F)(F)F)cc1N1CC[C@H]2CNC[C@H]21. The number of nitro groups is 1. The second-order valence-corrected chi connectivity index (χ2v) is 5.28. The highest BCUT2D eigenvalue weighted by atomic mass is 19.4. The molecule has 0 amide bonds. The Labute approximate surface area is 118 Å². The van der Waals surface area contributed by atoms with Gasteiger partial charge in [0.05, 0.1) is 4.92 Å². The molecule has 21 heavy (non-hydrogen) atoms. The first-order chi connectivity index (χ1) is 9.88. The molecule has 9 heteroatoms. The molecule has 0 saturated carbocycles. The molecule has 2 aliphatic heterocycles. The molecule has 1 aromatic heterocycles. The van der Waals surface area contributed by atoms with Crippen LogP contribution in [0.4, 0.5) is 24.5 Å². The summed E-state index contributed by atoms with van der Waals surface area (Å²) in [5.74, 6) is 0.326. The van der Waals surface area contributed by atoms with Crippen LogP contribution >= 0.6 is 0 Å². The number of alkyl halides is 3. The number of fused-ring (bicyclic) bond motifs is 1. The highest BCUT2D eigenvalue weighted by molar-refractivity contribution is 5.64. The lowest BCUT2D eigenvalue weighted by atomic mass is 10.0. The number of halogens is 3. The van der Waals surface area contributed by atoms with E-state index < -0.39 is 16.8 Å². The Morgan fingerprint density at radius 2 is 2.19 bits per heavy atom. The number of hydrogen-bond acceptors (Lipinski definition) is 5. The minimum Gasteiger partial charge on any atom is -0.361 e. The van der Waals surface area contributed by atoms with Crippen molar-refractivity contribution in [1.82, 2.24) is 10.3 Å². The van der Waals surface area contributed by atoms with E-state index in [1.54, 1.807) is 4.90 Å². The van der Waals surface area contributed by atoms with Crippen LogP contribution in [0.5, 0.6) is 0 Å². The van der Waals surface area contributed by atoms with Crippen molar-refractivity contribution in [3.8, 4) is 0 Å². The number of nitrogens with one attached hydrogen (secondary N) is 1. The fourth-order valence-electron chi connectivity index (χ4n) is 3.11. The van der Waals surface area contributed by atoms with Crippen molar-refractivity contribution < 1.29 is 18.1 Å². The van der Waals surface area contributed by atoms with Crippen molar-refractivity contribution in [2.75, 3.05) is 24.5 Å². The summed E-state index contributed by atoms with van der Waals surface area (Å²) in [5.41, 5.74) is -1.47. The van der Waals surface area contributed by atoms with Crippen molar-refractivity contribution in [3.05, 3.63) is 28.1 Å². The van der Waals surface area contributed by atoms with E-state index in [1.165, 1.54) is 0 Å². The molecule has 2 fully saturated rings. The third-order valence-electron chi connectivity index (χ3n) is 4.10. The van der Waals surface area contributed by atoms with E-state index in [4.69, 9.17) is 0 Å². The lowest BCUT2D eigenvalue weighted by molar-refractivity contribution is -0.384. The highest BCUT2D eigenvalue weighted by Gasteiger charge is 2.41. The fourth-order valence-corrected chi connectivity index (χ4v) is 3.11. The van der Waals surface area contributed by atoms with E-state index in [0.717, 1.165) is 19.0 Å². The van der Waals surface area contributed by atoms with Crippen LogP contribution in [0.2, 0.25) is 0 Å². The standard InChI is InChI=1S/C12H13F3N4O2/c13-12(14,15)11-3-8(10(6-17-11)19(20)21)18-2-1-7-4-16-5-9(7)18/h3,6-7,9,16H,1-2,4-5H2/t7-,9+/m0/s1. The Morgan fingerprint density at radius 1 is 1.43 bits per heavy atom. The van der Waals surface area contributed by atoms with E-state index >= 15 is 0 Å². The number of nitrogens with zero attached hydrogens (tertiary/aromatic N) is 3. The predicted octanol–water partition coefficient (Wildman–Crippen LogP) is 1.81. The maximum atomic E-state index is 12.8. The van der Waals surface area contributed by atoms with Gasteiger partial charge in [-0.1, -0.05) is 0 Å². The van der Waals surface area contributed by atoms with Gasteiger partial charge in [0.25, 0.3) is 0 Å². The number of aromatic nitrogens is 1. The van der Waals surface area contributed by atoms with Crippen molar-refractivity contribution in [3.63, 3.8) is 0 Å². The molecule has 3 heterocycles. The van der Waals surface area contributed by atoms with Gasteiger partial charge in [0.2, 0.25) is 0 Å². The first-order valence-electron chi connectivity index (χ1n) is 6.57. The molecule has 0 bridgehead atoms. The predicted molar refractivity (Wildman–Crippen MR) is 68.0 cm³/mol. The largest absolute Gasteiger partial charge is 0.433 e. The first-order valence-corrected chi connectivity index (χ1v) is 6.57. The van der Waals surface area contributed by atoms with Gasteiger partial charge in [0.15, 0.2) is 0 Å². The van der Waals surface area contributed by atoms with Gasteiger partial charge in [-0.05, 0) is 18.4 Å². The molecule has 0 unspecified atom stereocenters. The van der Waals surface area contributed by atoms with Crippen LogP contribution in [0.15, 0.2) is 12.3 Å². The number of pyridine rings is 1. The Bertz CT molecular complexity index is 578. The van der Waals surface area contributed by atoms with E-state index in [0.29, 0.717) is 25.2 Å². The topological polar surface area (TPSA) is 71.3 Å². The summed E-state index contributed by atoms with van der Waals surface area (Å²) in [4.78, 5) is 15.3. The molecule has 0 aliphatic carbocycles. The lowest BCUT2D eigenvalue weighted by Gasteiger charge is -2.25. The average Bonchev–Trinajstić information content (AvgIpc) is 2.99. The van der Waals surface area contributed by atoms with Gasteiger partial charge >= 0.3 is 11.9 Å². The van der Waals surface area contributed by atoms with Crippen LogP contribution in [0.1, 0.15) is 12.1 Å². The van der Waals surface area contributed by atoms with Crippen molar-refractivity contribution in [2.45, 2.75) is 18.6 Å². The molecular formula is C12H13F3N4O2. The van der Waals surface area contributed by atoms with Crippen molar-refractivity contribution in [1.29, 1.82) is 0 Å². The summed E-state index contributed by atoms with van der Waals surface area (Å²) in [6, 6.07) is 0.797. The van der Waals surface area contributed by atoms with Gasteiger partial charge in [0, 0.05) is 25.7 Å². The maximum Gasteiger partial charge on any atom is 0.433 e. The third kappa shape index (κ3) is 2.41. The van der Waals surface area contributed by atoms with Crippen LogP contribution in [0, 0.1) is 16.0 Å². The second-order valence-electron chi connectivity index (χ2n) is 5.28. The Kier molecular flexibility index (Phi) is 3.23. The zero-order valence-electron chi connectivity index (χ0n) is 10.9. The summed E-state index contributed by atoms with van der Waals surface area (Å²) in [7, 11) is 0. The lowest BCUT2D eigenvalue weighted by Crippen LogP contribution is -2.34. The quantitative estimate of drug-likeness (QED) is 0.666. The molecule has 0 spiro atoms. The number of anilines is 1. The number of rotatable bonds is 2. The highest BCUT2D eigenvalue weighted by Crippen LogP contribution is 2.39. The van der Waals surface area contributed by atoms with Gasteiger partial charge in [0.1, 0.15) is 17.6 Å². The molecule has 114 valence electrons. The maximum absolute atomic E-state index is 12.8. The molecule has 1 aromatic rings. The molecule has 0 radical (unpaired) electrons. The normalized spacial score (nSPS) is 25.2. The summed E-state index contributed by atoms with van der Waals surface area (Å²) < 4.78 is 38.4. The van der Waals surface area contributed by atoms with E-state index in [1.807, 2.05) is 0 Å². The van der Waals surface area contributed by atoms with Gasteiger partial charge in [-0.2, -0.15) is 13.2 Å². The minimum atomic E-state index is -4.61. The van der Waals surface area contributed by atoms with Crippen molar-refractivity contribution >= 4 is 11.4 Å². The summed E-state index contributed by atoms with van der Waals surface area (Å²) in [6.45, 7) is 1.96. The van der Waals surface area contributed by atoms with Crippen LogP contribution in [0.25, 0.3) is 0 Å². The summed E-state index contributed by atoms with van der Waals surface area (Å²) in [5, 5.41) is 14.2. The molecule has 2 aliphatic rings. The molecular weight excluding hydrogens is 289 g/mol. The number of hydrogen-bond donors (Lipinski definition) is 1. The fraction of sp³-hybridized carbons (Fsp3) is 0.583. The monoisotopic (exact) mass is 302 g/mol. The summed E-state index contributed by atoms with van der Waals surface area (Å²) in [6.07, 6.45) is -3.09. The van der Waals surface area contributed by atoms with Gasteiger partial charge < -0.3 is 10.2 Å². The molecule has 6 nitrogen and oxygen atoms in total. The van der Waals surface area contributed by atoms with E-state index in [-0.39, 0.29) is 17.4 Å². The zero-order valence-corrected chi connectivity index (χ0v) is 10.9. The second kappa shape index (κ2) is 4.83. The summed E-state index contributed by atoms with van der Waals surface area (Å²) >= 11 is 0. The van der Waals surface area contributed by atoms with E-state index in [2.05, 4.69) is 10.3 Å². The zero-order chi connectivity index (χ0) is 15.2. The van der Waals surface area contributed by atoms with Crippen molar-refractivity contribution in [2.24, 2.45) is 5.92 Å². The van der Waals surface area contributed by atoms with Gasteiger partial charge in [-0.3, -0.25) is 10.1 Å². The smallest absolute Gasteiger partial charge is 0.361 e. The van der Waals surface area contributed by atoms with E-state index in [9.17, 15) is 23.3 Å². The Hall–Kier alpha value is -1.90. The van der Waals surface area contributed by atoms with Crippen LogP contribution in [-0.4, -0.2) is 35.6 Å². The molecule has 0 aromatic carbocycles.